The summed E-state index contributed by atoms with van der Waals surface area (Å²) in [4.78, 5) is 38.7. The summed E-state index contributed by atoms with van der Waals surface area (Å²) in [6.45, 7) is 3.15. The van der Waals surface area contributed by atoms with E-state index < -0.39 is 11.8 Å². The molecule has 0 atom stereocenters. The van der Waals surface area contributed by atoms with Crippen molar-refractivity contribution in [2.24, 2.45) is 0 Å². The van der Waals surface area contributed by atoms with Crippen molar-refractivity contribution >= 4 is 33.5 Å². The van der Waals surface area contributed by atoms with Gasteiger partial charge in [0.2, 0.25) is 0 Å². The third-order valence-electron chi connectivity index (χ3n) is 3.29. The number of carbonyl (C=O) groups is 3. The number of piperazine rings is 1. The number of halogens is 1. The Balaban J connectivity index is 2.08. The Labute approximate surface area is 125 Å². The molecule has 1 saturated heterocycles. The molecule has 0 aliphatic carbocycles. The summed E-state index contributed by atoms with van der Waals surface area (Å²) in [7, 11) is 0. The van der Waals surface area contributed by atoms with Crippen LogP contribution in [0.1, 0.15) is 17.3 Å². The lowest BCUT2D eigenvalue weighted by Crippen LogP contribution is -2.55. The van der Waals surface area contributed by atoms with Gasteiger partial charge in [0, 0.05) is 29.7 Å². The van der Waals surface area contributed by atoms with E-state index >= 15 is 0 Å². The summed E-state index contributed by atoms with van der Waals surface area (Å²) < 4.78 is 0.691. The van der Waals surface area contributed by atoms with Crippen LogP contribution < -0.4 is 0 Å². The second-order valence-corrected chi connectivity index (χ2v) is 5.37. The molecule has 1 aliphatic heterocycles. The monoisotopic (exact) mass is 338 g/mol. The van der Waals surface area contributed by atoms with Crippen molar-refractivity contribution in [2.75, 3.05) is 26.2 Å². The first-order valence-corrected chi connectivity index (χ1v) is 7.19. The molecule has 0 N–H and O–H groups in total. The first-order chi connectivity index (χ1) is 9.54. The van der Waals surface area contributed by atoms with Gasteiger partial charge in [-0.1, -0.05) is 34.1 Å². The van der Waals surface area contributed by atoms with E-state index in [0.29, 0.717) is 29.7 Å². The van der Waals surface area contributed by atoms with Crippen LogP contribution in [0.4, 0.5) is 0 Å². The van der Waals surface area contributed by atoms with Gasteiger partial charge in [0.1, 0.15) is 0 Å². The Bertz CT molecular complexity index is 559. The Hall–Kier alpha value is -1.69. The van der Waals surface area contributed by atoms with Crippen LogP contribution in [0.25, 0.3) is 0 Å². The van der Waals surface area contributed by atoms with Crippen molar-refractivity contribution in [1.82, 2.24) is 9.80 Å². The molecule has 0 radical (unpaired) electrons. The van der Waals surface area contributed by atoms with Gasteiger partial charge in [0.05, 0.1) is 6.54 Å². The standard InChI is InChI=1S/C14H15BrN2O3/c1-2-16-7-8-17(14(20)13(16)19)9-12(18)10-5-3-4-6-11(10)15/h3-6H,2,7-9H2,1H3. The second-order valence-electron chi connectivity index (χ2n) is 4.51. The van der Waals surface area contributed by atoms with E-state index in [2.05, 4.69) is 15.9 Å². The van der Waals surface area contributed by atoms with Gasteiger partial charge in [-0.15, -0.1) is 0 Å². The minimum atomic E-state index is -0.599. The highest BCUT2D eigenvalue weighted by atomic mass is 79.9. The normalized spacial score (nSPS) is 15.7. The number of ketones is 1. The van der Waals surface area contributed by atoms with Crippen LogP contribution in [0, 0.1) is 0 Å². The largest absolute Gasteiger partial charge is 0.333 e. The zero-order valence-electron chi connectivity index (χ0n) is 11.1. The number of nitrogens with zero attached hydrogens (tertiary/aromatic N) is 2. The van der Waals surface area contributed by atoms with E-state index in [1.165, 1.54) is 9.80 Å². The van der Waals surface area contributed by atoms with Crippen molar-refractivity contribution in [3.8, 4) is 0 Å². The number of carbonyl (C=O) groups excluding carboxylic acids is 3. The number of benzene rings is 1. The fourth-order valence-electron chi connectivity index (χ4n) is 2.11. The lowest BCUT2D eigenvalue weighted by molar-refractivity contribution is -0.155. The van der Waals surface area contributed by atoms with E-state index in [4.69, 9.17) is 0 Å². The highest BCUT2D eigenvalue weighted by molar-refractivity contribution is 9.10. The molecule has 0 spiro atoms. The van der Waals surface area contributed by atoms with Crippen LogP contribution >= 0.6 is 15.9 Å². The molecule has 0 bridgehead atoms. The van der Waals surface area contributed by atoms with Gasteiger partial charge < -0.3 is 9.80 Å². The molecule has 1 aliphatic rings. The summed E-state index contributed by atoms with van der Waals surface area (Å²) in [6, 6.07) is 7.05. The molecule has 1 aromatic carbocycles. The highest BCUT2D eigenvalue weighted by Crippen LogP contribution is 2.17. The minimum Gasteiger partial charge on any atom is -0.333 e. The molecule has 0 unspecified atom stereocenters. The summed E-state index contributed by atoms with van der Waals surface area (Å²) in [5, 5.41) is 0. The van der Waals surface area contributed by atoms with Crippen LogP contribution in [0.5, 0.6) is 0 Å². The Morgan fingerprint density at radius 3 is 2.40 bits per heavy atom. The maximum Gasteiger partial charge on any atom is 0.312 e. The second kappa shape index (κ2) is 6.17. The highest BCUT2D eigenvalue weighted by Gasteiger charge is 2.32. The quantitative estimate of drug-likeness (QED) is 0.614. The molecule has 0 aromatic heterocycles. The number of hydrogen-bond donors (Lipinski definition) is 0. The SMILES string of the molecule is CCN1CCN(CC(=O)c2ccccc2Br)C(=O)C1=O. The topological polar surface area (TPSA) is 57.7 Å². The lowest BCUT2D eigenvalue weighted by atomic mass is 10.1. The van der Waals surface area contributed by atoms with E-state index in [-0.39, 0.29) is 12.3 Å². The number of rotatable bonds is 4. The number of Topliss-reactive ketones (excluding diaryl/α,β-unsaturated/α-hetero) is 1. The molecule has 6 heteroatoms. The van der Waals surface area contributed by atoms with Gasteiger partial charge in [0.15, 0.2) is 5.78 Å². The van der Waals surface area contributed by atoms with Gasteiger partial charge in [-0.25, -0.2) is 0 Å². The Morgan fingerprint density at radius 2 is 1.75 bits per heavy atom. The fraction of sp³-hybridized carbons (Fsp3) is 0.357. The summed E-state index contributed by atoms with van der Waals surface area (Å²) >= 11 is 3.31. The van der Waals surface area contributed by atoms with Gasteiger partial charge in [-0.3, -0.25) is 14.4 Å². The summed E-state index contributed by atoms with van der Waals surface area (Å²) in [5.41, 5.74) is 0.519. The average Bonchev–Trinajstić information content (AvgIpc) is 2.44. The molecule has 1 heterocycles. The van der Waals surface area contributed by atoms with Crippen molar-refractivity contribution < 1.29 is 14.4 Å². The van der Waals surface area contributed by atoms with Gasteiger partial charge in [-0.2, -0.15) is 0 Å². The number of amides is 2. The van der Waals surface area contributed by atoms with Crippen molar-refractivity contribution in [2.45, 2.75) is 6.92 Å². The smallest absolute Gasteiger partial charge is 0.312 e. The number of likely N-dealkylation sites (N-methyl/N-ethyl adjacent to an activating group) is 1. The molecule has 1 aromatic rings. The lowest BCUT2D eigenvalue weighted by Gasteiger charge is -2.32. The zero-order valence-corrected chi connectivity index (χ0v) is 12.7. The van der Waals surface area contributed by atoms with Crippen molar-refractivity contribution in [1.29, 1.82) is 0 Å². The maximum atomic E-state index is 12.2. The van der Waals surface area contributed by atoms with Gasteiger partial charge >= 0.3 is 11.8 Å². The Morgan fingerprint density at radius 1 is 1.15 bits per heavy atom. The number of hydrogen-bond acceptors (Lipinski definition) is 3. The Kier molecular flexibility index (Phi) is 4.54. The molecule has 5 nitrogen and oxygen atoms in total. The van der Waals surface area contributed by atoms with Gasteiger partial charge in [-0.05, 0) is 13.0 Å². The van der Waals surface area contributed by atoms with E-state index in [0.717, 1.165) is 0 Å². The maximum absolute atomic E-state index is 12.2. The van der Waals surface area contributed by atoms with Crippen LogP contribution in [0.15, 0.2) is 28.7 Å². The first-order valence-electron chi connectivity index (χ1n) is 6.40. The predicted octanol–water partition coefficient (Wildman–Crippen LogP) is 1.32. The summed E-state index contributed by atoms with van der Waals surface area (Å²) in [6.07, 6.45) is 0. The predicted molar refractivity (Wildman–Crippen MR) is 77.3 cm³/mol. The summed E-state index contributed by atoms with van der Waals surface area (Å²) in [5.74, 6) is -1.30. The van der Waals surface area contributed by atoms with Crippen LogP contribution in [0.3, 0.4) is 0 Å². The first kappa shape index (κ1) is 14.7. The minimum absolute atomic E-state index is 0.0647. The molecular formula is C14H15BrN2O3. The average molecular weight is 339 g/mol. The van der Waals surface area contributed by atoms with Crippen LogP contribution in [-0.2, 0) is 9.59 Å². The van der Waals surface area contributed by atoms with Gasteiger partial charge in [0.25, 0.3) is 0 Å². The molecule has 0 saturated carbocycles. The van der Waals surface area contributed by atoms with E-state index in [1.54, 1.807) is 18.2 Å². The van der Waals surface area contributed by atoms with Crippen molar-refractivity contribution in [3.63, 3.8) is 0 Å². The zero-order chi connectivity index (χ0) is 14.7. The molecule has 2 amide bonds. The molecular weight excluding hydrogens is 324 g/mol. The fourth-order valence-corrected chi connectivity index (χ4v) is 2.62. The molecule has 20 heavy (non-hydrogen) atoms. The van der Waals surface area contributed by atoms with Crippen LogP contribution in [0.2, 0.25) is 0 Å². The van der Waals surface area contributed by atoms with Crippen molar-refractivity contribution in [3.05, 3.63) is 34.3 Å². The molecule has 106 valence electrons. The van der Waals surface area contributed by atoms with Crippen LogP contribution in [-0.4, -0.2) is 53.6 Å². The third kappa shape index (κ3) is 2.90. The molecule has 2 rings (SSSR count). The van der Waals surface area contributed by atoms with E-state index in [9.17, 15) is 14.4 Å². The third-order valence-corrected chi connectivity index (χ3v) is 3.98. The molecule has 1 fully saturated rings. The van der Waals surface area contributed by atoms with E-state index in [1.807, 2.05) is 13.0 Å².